The van der Waals surface area contributed by atoms with E-state index in [4.69, 9.17) is 0 Å². The fourth-order valence-electron chi connectivity index (χ4n) is 4.46. The fraction of sp³-hybridized carbons (Fsp3) is 0.324. The first kappa shape index (κ1) is 31.5. The van der Waals surface area contributed by atoms with Crippen LogP contribution in [0.2, 0.25) is 0 Å². The number of aryl methyl sites for hydroxylation is 1. The third-order valence-corrected chi connectivity index (χ3v) is 9.33. The SMILES string of the molecule is CC.CC(C)N(C)CCCCc1ccc(-c2ncc(CNC(=O)c3ccc4c(c3)NC(=O)c3ccccc3S4)s2)cc1. The number of hydrogen-bond donors (Lipinski definition) is 2. The second kappa shape index (κ2) is 15.1. The lowest BCUT2D eigenvalue weighted by Crippen LogP contribution is -2.27. The molecule has 0 unspecified atom stereocenters. The molecule has 0 spiro atoms. The summed E-state index contributed by atoms with van der Waals surface area (Å²) in [5, 5.41) is 6.88. The zero-order valence-electron chi connectivity index (χ0n) is 25.1. The van der Waals surface area contributed by atoms with Crippen LogP contribution in [0.3, 0.4) is 0 Å². The predicted molar refractivity (Wildman–Crippen MR) is 176 cm³/mol. The normalized spacial score (nSPS) is 12.1. The number of nitrogens with zero attached hydrogens (tertiary/aromatic N) is 2. The molecule has 220 valence electrons. The van der Waals surface area contributed by atoms with Crippen LogP contribution in [0.25, 0.3) is 10.6 Å². The number of unbranched alkanes of at least 4 members (excludes halogenated alkanes) is 1. The van der Waals surface area contributed by atoms with E-state index in [1.165, 1.54) is 30.2 Å². The molecule has 8 heteroatoms. The van der Waals surface area contributed by atoms with Crippen LogP contribution < -0.4 is 10.6 Å². The predicted octanol–water partition coefficient (Wildman–Crippen LogP) is 8.15. The monoisotopic (exact) mass is 600 g/mol. The van der Waals surface area contributed by atoms with Gasteiger partial charge in [0.25, 0.3) is 11.8 Å². The minimum atomic E-state index is -0.192. The molecule has 0 saturated heterocycles. The number of carbonyl (C=O) groups excluding carboxylic acids is 2. The van der Waals surface area contributed by atoms with E-state index in [0.29, 0.717) is 29.4 Å². The molecule has 6 nitrogen and oxygen atoms in total. The molecule has 0 atom stereocenters. The van der Waals surface area contributed by atoms with Crippen molar-refractivity contribution in [3.63, 3.8) is 0 Å². The fourth-order valence-corrected chi connectivity index (χ4v) is 6.33. The largest absolute Gasteiger partial charge is 0.347 e. The maximum absolute atomic E-state index is 12.9. The highest BCUT2D eigenvalue weighted by Crippen LogP contribution is 2.39. The van der Waals surface area contributed by atoms with E-state index in [1.54, 1.807) is 23.5 Å². The van der Waals surface area contributed by atoms with Crippen LogP contribution in [0, 0.1) is 0 Å². The molecule has 0 saturated carbocycles. The van der Waals surface area contributed by atoms with E-state index >= 15 is 0 Å². The van der Waals surface area contributed by atoms with Gasteiger partial charge in [0.15, 0.2) is 0 Å². The molecule has 1 aliphatic rings. The van der Waals surface area contributed by atoms with Crippen molar-refractivity contribution >= 4 is 40.6 Å². The standard InChI is InChI=1S/C32H34N4O2S2.C2H6/c1-21(2)36(3)17-7-6-8-22-11-13-23(14-12-22)32-34-20-25(39-32)19-33-30(37)24-15-16-29-27(18-24)35-31(38)26-9-4-5-10-28(26)40-29;1-2/h4-5,9-16,18,20-21H,6-8,17,19H2,1-3H3,(H,33,37)(H,35,38);1-2H3. The van der Waals surface area contributed by atoms with Crippen LogP contribution in [-0.2, 0) is 13.0 Å². The van der Waals surface area contributed by atoms with Crippen LogP contribution in [0.4, 0.5) is 5.69 Å². The number of rotatable bonds is 10. The highest BCUT2D eigenvalue weighted by Gasteiger charge is 2.21. The van der Waals surface area contributed by atoms with Crippen LogP contribution in [0.1, 0.15) is 71.7 Å². The Kier molecular flexibility index (Phi) is 11.3. The molecule has 0 radical (unpaired) electrons. The Labute approximate surface area is 258 Å². The van der Waals surface area contributed by atoms with Gasteiger partial charge < -0.3 is 15.5 Å². The molecule has 0 fully saturated rings. The summed E-state index contributed by atoms with van der Waals surface area (Å²) in [5.41, 5.74) is 4.22. The lowest BCUT2D eigenvalue weighted by atomic mass is 10.1. The van der Waals surface area contributed by atoms with E-state index in [0.717, 1.165) is 38.2 Å². The number of carbonyl (C=O) groups is 2. The van der Waals surface area contributed by atoms with Crippen LogP contribution in [0.15, 0.2) is 82.7 Å². The smallest absolute Gasteiger partial charge is 0.256 e. The number of anilines is 1. The Bertz CT molecular complexity index is 1500. The molecular weight excluding hydrogens is 561 g/mol. The highest BCUT2D eigenvalue weighted by atomic mass is 32.2. The second-order valence-corrected chi connectivity index (χ2v) is 12.5. The van der Waals surface area contributed by atoms with Gasteiger partial charge in [-0.25, -0.2) is 4.98 Å². The molecule has 0 bridgehead atoms. The Morgan fingerprint density at radius 3 is 2.52 bits per heavy atom. The van der Waals surface area contributed by atoms with E-state index in [1.807, 2.05) is 50.4 Å². The molecule has 4 aromatic rings. The minimum absolute atomic E-state index is 0.167. The molecule has 0 aliphatic carbocycles. The van der Waals surface area contributed by atoms with Crippen molar-refractivity contribution < 1.29 is 9.59 Å². The molecule has 2 heterocycles. The van der Waals surface area contributed by atoms with E-state index in [-0.39, 0.29) is 11.8 Å². The van der Waals surface area contributed by atoms with Gasteiger partial charge in [0.2, 0.25) is 0 Å². The highest BCUT2D eigenvalue weighted by molar-refractivity contribution is 7.99. The van der Waals surface area contributed by atoms with E-state index in [2.05, 4.69) is 65.7 Å². The summed E-state index contributed by atoms with van der Waals surface area (Å²) in [5.74, 6) is -0.359. The quantitative estimate of drug-likeness (QED) is 0.180. The van der Waals surface area contributed by atoms with Crippen molar-refractivity contribution in [2.45, 2.75) is 69.3 Å². The van der Waals surface area contributed by atoms with Crippen molar-refractivity contribution in [2.75, 3.05) is 18.9 Å². The average molecular weight is 601 g/mol. The molecule has 3 aromatic carbocycles. The van der Waals surface area contributed by atoms with Crippen LogP contribution >= 0.6 is 23.1 Å². The van der Waals surface area contributed by atoms with Gasteiger partial charge >= 0.3 is 0 Å². The number of thiazole rings is 1. The zero-order valence-corrected chi connectivity index (χ0v) is 26.7. The number of fused-ring (bicyclic) bond motifs is 2. The van der Waals surface area contributed by atoms with Crippen molar-refractivity contribution in [3.8, 4) is 10.6 Å². The topological polar surface area (TPSA) is 74.3 Å². The number of nitrogens with one attached hydrogen (secondary N) is 2. The second-order valence-electron chi connectivity index (χ2n) is 10.3. The summed E-state index contributed by atoms with van der Waals surface area (Å²) in [6, 6.07) is 22.2. The van der Waals surface area contributed by atoms with Crippen molar-refractivity contribution in [1.29, 1.82) is 0 Å². The van der Waals surface area contributed by atoms with Crippen molar-refractivity contribution in [1.82, 2.24) is 15.2 Å². The average Bonchev–Trinajstić information content (AvgIpc) is 3.44. The third-order valence-electron chi connectivity index (χ3n) is 7.13. The zero-order chi connectivity index (χ0) is 30.1. The summed E-state index contributed by atoms with van der Waals surface area (Å²) in [6.45, 7) is 9.98. The maximum Gasteiger partial charge on any atom is 0.256 e. The maximum atomic E-state index is 12.9. The van der Waals surface area contributed by atoms with Gasteiger partial charge in [0.05, 0.1) is 17.8 Å². The summed E-state index contributed by atoms with van der Waals surface area (Å²) in [7, 11) is 2.18. The first-order chi connectivity index (χ1) is 20.4. The van der Waals surface area contributed by atoms with E-state index in [9.17, 15) is 9.59 Å². The molecule has 2 N–H and O–H groups in total. The summed E-state index contributed by atoms with van der Waals surface area (Å²) >= 11 is 3.11. The number of aromatic nitrogens is 1. The summed E-state index contributed by atoms with van der Waals surface area (Å²) in [4.78, 5) is 35.4. The molecule has 1 aromatic heterocycles. The minimum Gasteiger partial charge on any atom is -0.347 e. The third kappa shape index (κ3) is 8.09. The number of benzene rings is 3. The van der Waals surface area contributed by atoms with Crippen molar-refractivity contribution in [3.05, 3.63) is 94.5 Å². The van der Waals surface area contributed by atoms with Crippen LogP contribution in [0.5, 0.6) is 0 Å². The number of hydrogen-bond acceptors (Lipinski definition) is 6. The van der Waals surface area contributed by atoms with Gasteiger partial charge in [-0.3, -0.25) is 9.59 Å². The lowest BCUT2D eigenvalue weighted by molar-refractivity contribution is 0.0949. The molecule has 42 heavy (non-hydrogen) atoms. The first-order valence-electron chi connectivity index (χ1n) is 14.6. The van der Waals surface area contributed by atoms with Gasteiger partial charge in [-0.15, -0.1) is 11.3 Å². The molecule has 5 rings (SSSR count). The van der Waals surface area contributed by atoms with Gasteiger partial charge in [-0.05, 0) is 82.6 Å². The van der Waals surface area contributed by atoms with Gasteiger partial charge in [0.1, 0.15) is 5.01 Å². The molecule has 1 aliphatic heterocycles. The lowest BCUT2D eigenvalue weighted by Gasteiger charge is -2.20. The van der Waals surface area contributed by atoms with Gasteiger partial charge in [-0.1, -0.05) is 62.0 Å². The van der Waals surface area contributed by atoms with E-state index < -0.39 is 0 Å². The Hall–Kier alpha value is -3.46. The molecule has 2 amide bonds. The van der Waals surface area contributed by atoms with Crippen LogP contribution in [-0.4, -0.2) is 41.3 Å². The number of amides is 2. The van der Waals surface area contributed by atoms with Gasteiger partial charge in [0, 0.05) is 38.0 Å². The van der Waals surface area contributed by atoms with Gasteiger partial charge in [-0.2, -0.15) is 0 Å². The molecular formula is C34H40N4O2S2. The Balaban J connectivity index is 0.00000198. The first-order valence-corrected chi connectivity index (χ1v) is 16.3. The Morgan fingerprint density at radius 1 is 1.00 bits per heavy atom. The summed E-state index contributed by atoms with van der Waals surface area (Å²) < 4.78 is 0. The van der Waals surface area contributed by atoms with Crippen molar-refractivity contribution in [2.24, 2.45) is 0 Å². The Morgan fingerprint density at radius 2 is 1.76 bits per heavy atom. The summed E-state index contributed by atoms with van der Waals surface area (Å²) in [6.07, 6.45) is 5.29.